The van der Waals surface area contributed by atoms with E-state index in [0.717, 1.165) is 37.7 Å². The molecule has 2 atom stereocenters. The van der Waals surface area contributed by atoms with Crippen molar-refractivity contribution < 1.29 is 23.4 Å². The van der Waals surface area contributed by atoms with Crippen LogP contribution in [0.1, 0.15) is 56.2 Å². The van der Waals surface area contributed by atoms with Crippen LogP contribution in [0.3, 0.4) is 0 Å². The number of carbonyl (C=O) groups is 1. The summed E-state index contributed by atoms with van der Waals surface area (Å²) in [7, 11) is 0. The topological polar surface area (TPSA) is 61.8 Å². The summed E-state index contributed by atoms with van der Waals surface area (Å²) in [6.45, 7) is 2.26. The Morgan fingerprint density at radius 1 is 1.31 bits per heavy atom. The minimum atomic E-state index is -2.52. The lowest BCUT2D eigenvalue weighted by atomic mass is 9.77. The quantitative estimate of drug-likeness (QED) is 0.690. The molecule has 162 valence electrons. The number of hydrogen-bond acceptors (Lipinski definition) is 4. The standard InChI is InChI=1S/C22H32F2N2O3/c1-15(27)12-25-13-21(28)26-10-9-16-7-8-18(29-14-20(23)24)11-19(16)22(26)17-5-3-2-4-6-17/h7-8,11,15,17,20,22,25,27H,2-6,9-10,12-14H2,1H3/t15-,22?/m1/s1. The number of aliphatic hydroxyl groups excluding tert-OH is 1. The smallest absolute Gasteiger partial charge is 0.272 e. The molecule has 0 aromatic heterocycles. The zero-order chi connectivity index (χ0) is 20.8. The van der Waals surface area contributed by atoms with Gasteiger partial charge in [-0.3, -0.25) is 4.79 Å². The molecule has 1 aromatic carbocycles. The van der Waals surface area contributed by atoms with Gasteiger partial charge in [-0.1, -0.05) is 25.3 Å². The summed E-state index contributed by atoms with van der Waals surface area (Å²) >= 11 is 0. The fraction of sp³-hybridized carbons (Fsp3) is 0.682. The number of hydrogen-bond donors (Lipinski definition) is 2. The average Bonchev–Trinajstić information content (AvgIpc) is 2.71. The zero-order valence-electron chi connectivity index (χ0n) is 17.1. The van der Waals surface area contributed by atoms with E-state index in [4.69, 9.17) is 4.74 Å². The molecule has 0 radical (unpaired) electrons. The normalized spacial score (nSPS) is 21.1. The van der Waals surface area contributed by atoms with Crippen LogP contribution in [0.2, 0.25) is 0 Å². The van der Waals surface area contributed by atoms with Crippen molar-refractivity contribution >= 4 is 5.91 Å². The monoisotopic (exact) mass is 410 g/mol. The van der Waals surface area contributed by atoms with Crippen molar-refractivity contribution in [1.29, 1.82) is 0 Å². The van der Waals surface area contributed by atoms with Crippen LogP contribution in [0, 0.1) is 5.92 Å². The molecule has 1 unspecified atom stereocenters. The maximum absolute atomic E-state index is 13.0. The highest BCUT2D eigenvalue weighted by Crippen LogP contribution is 2.43. The fourth-order valence-electron chi connectivity index (χ4n) is 4.60. The van der Waals surface area contributed by atoms with Gasteiger partial charge in [-0.15, -0.1) is 0 Å². The van der Waals surface area contributed by atoms with E-state index in [2.05, 4.69) is 5.32 Å². The summed E-state index contributed by atoms with van der Waals surface area (Å²) in [4.78, 5) is 14.9. The lowest BCUT2D eigenvalue weighted by Gasteiger charge is -2.43. The van der Waals surface area contributed by atoms with Gasteiger partial charge in [0.2, 0.25) is 5.91 Å². The van der Waals surface area contributed by atoms with Gasteiger partial charge in [-0.2, -0.15) is 0 Å². The number of carbonyl (C=O) groups excluding carboxylic acids is 1. The van der Waals surface area contributed by atoms with Gasteiger partial charge in [-0.05, 0) is 55.4 Å². The van der Waals surface area contributed by atoms with Crippen molar-refractivity contribution in [3.8, 4) is 5.75 Å². The molecule has 1 saturated carbocycles. The zero-order valence-corrected chi connectivity index (χ0v) is 17.1. The largest absolute Gasteiger partial charge is 0.488 e. The second kappa shape index (κ2) is 10.3. The second-order valence-electron chi connectivity index (χ2n) is 8.22. The first-order valence-electron chi connectivity index (χ1n) is 10.7. The first-order chi connectivity index (χ1) is 14.0. The minimum Gasteiger partial charge on any atom is -0.488 e. The molecular weight excluding hydrogens is 378 g/mol. The highest BCUT2D eigenvalue weighted by molar-refractivity contribution is 5.79. The molecule has 1 heterocycles. The Hall–Kier alpha value is -1.73. The number of fused-ring (bicyclic) bond motifs is 1. The van der Waals surface area contributed by atoms with Crippen molar-refractivity contribution in [1.82, 2.24) is 10.2 Å². The Bertz CT molecular complexity index is 678. The van der Waals surface area contributed by atoms with E-state index >= 15 is 0 Å². The molecule has 1 fully saturated rings. The van der Waals surface area contributed by atoms with Crippen LogP contribution < -0.4 is 10.1 Å². The van der Waals surface area contributed by atoms with Crippen molar-refractivity contribution in [2.24, 2.45) is 5.92 Å². The van der Waals surface area contributed by atoms with Gasteiger partial charge < -0.3 is 20.1 Å². The van der Waals surface area contributed by atoms with Gasteiger partial charge in [0.15, 0.2) is 0 Å². The number of amides is 1. The number of aliphatic hydroxyl groups is 1. The van der Waals surface area contributed by atoms with Crippen molar-refractivity contribution in [2.75, 3.05) is 26.2 Å². The van der Waals surface area contributed by atoms with Crippen molar-refractivity contribution in [3.63, 3.8) is 0 Å². The van der Waals surface area contributed by atoms with Crippen LogP contribution in [-0.2, 0) is 11.2 Å². The molecule has 3 rings (SSSR count). The lowest BCUT2D eigenvalue weighted by molar-refractivity contribution is -0.134. The summed E-state index contributed by atoms with van der Waals surface area (Å²) in [5.74, 6) is 0.825. The number of halogens is 2. The molecule has 2 N–H and O–H groups in total. The number of rotatable bonds is 8. The van der Waals surface area contributed by atoms with Crippen LogP contribution in [0.5, 0.6) is 5.75 Å². The van der Waals surface area contributed by atoms with Gasteiger partial charge in [-0.25, -0.2) is 8.78 Å². The van der Waals surface area contributed by atoms with Crippen LogP contribution in [0.4, 0.5) is 8.78 Å². The average molecular weight is 411 g/mol. The number of alkyl halides is 2. The summed E-state index contributed by atoms with van der Waals surface area (Å²) in [5, 5.41) is 12.5. The fourth-order valence-corrected chi connectivity index (χ4v) is 4.60. The maximum Gasteiger partial charge on any atom is 0.272 e. The van der Waals surface area contributed by atoms with Crippen molar-refractivity contribution in [3.05, 3.63) is 29.3 Å². The maximum atomic E-state index is 13.0. The molecule has 5 nitrogen and oxygen atoms in total. The van der Waals surface area contributed by atoms with E-state index in [-0.39, 0.29) is 18.5 Å². The summed E-state index contributed by atoms with van der Waals surface area (Å²) in [6.07, 6.45) is 3.38. The van der Waals surface area contributed by atoms with E-state index < -0.39 is 19.1 Å². The number of benzene rings is 1. The Balaban J connectivity index is 1.83. The predicted molar refractivity (Wildman–Crippen MR) is 107 cm³/mol. The summed E-state index contributed by atoms with van der Waals surface area (Å²) in [5.41, 5.74) is 2.21. The number of nitrogens with one attached hydrogen (secondary N) is 1. The SMILES string of the molecule is C[C@@H](O)CNCC(=O)N1CCc2ccc(OCC(F)F)cc2C1C1CCCCC1. The highest BCUT2D eigenvalue weighted by atomic mass is 19.3. The van der Waals surface area contributed by atoms with E-state index in [1.807, 2.05) is 17.0 Å². The third kappa shape index (κ3) is 5.89. The van der Waals surface area contributed by atoms with E-state index in [9.17, 15) is 18.7 Å². The Morgan fingerprint density at radius 2 is 2.07 bits per heavy atom. The third-order valence-corrected chi connectivity index (χ3v) is 5.90. The van der Waals surface area contributed by atoms with Crippen LogP contribution >= 0.6 is 0 Å². The molecule has 1 aliphatic heterocycles. The van der Waals surface area contributed by atoms with Gasteiger partial charge in [0, 0.05) is 13.1 Å². The first-order valence-corrected chi connectivity index (χ1v) is 10.7. The highest BCUT2D eigenvalue weighted by Gasteiger charge is 2.36. The Labute approximate surface area is 171 Å². The molecule has 0 spiro atoms. The van der Waals surface area contributed by atoms with E-state index in [1.165, 1.54) is 12.0 Å². The molecule has 1 aromatic rings. The van der Waals surface area contributed by atoms with Gasteiger partial charge in [0.05, 0.1) is 18.7 Å². The number of nitrogens with zero attached hydrogens (tertiary/aromatic N) is 1. The Morgan fingerprint density at radius 3 is 2.76 bits per heavy atom. The summed E-state index contributed by atoms with van der Waals surface area (Å²) < 4.78 is 30.4. The molecule has 0 saturated heterocycles. The third-order valence-electron chi connectivity index (χ3n) is 5.90. The first kappa shape index (κ1) is 22.0. The predicted octanol–water partition coefficient (Wildman–Crippen LogP) is 3.31. The van der Waals surface area contributed by atoms with Gasteiger partial charge >= 0.3 is 0 Å². The molecule has 0 bridgehead atoms. The lowest BCUT2D eigenvalue weighted by Crippen LogP contribution is -2.47. The van der Waals surface area contributed by atoms with E-state index in [1.54, 1.807) is 13.0 Å². The van der Waals surface area contributed by atoms with Crippen molar-refractivity contribution in [2.45, 2.75) is 64.0 Å². The van der Waals surface area contributed by atoms with Crippen LogP contribution in [0.15, 0.2) is 18.2 Å². The van der Waals surface area contributed by atoms with Crippen LogP contribution in [-0.4, -0.2) is 54.7 Å². The number of ether oxygens (including phenoxy) is 1. The van der Waals surface area contributed by atoms with E-state index in [0.29, 0.717) is 24.8 Å². The molecule has 29 heavy (non-hydrogen) atoms. The van der Waals surface area contributed by atoms with Gasteiger partial charge in [0.1, 0.15) is 12.4 Å². The summed E-state index contributed by atoms with van der Waals surface area (Å²) in [6, 6.07) is 5.52. The van der Waals surface area contributed by atoms with Gasteiger partial charge in [0.25, 0.3) is 6.43 Å². The molecule has 2 aliphatic rings. The second-order valence-corrected chi connectivity index (χ2v) is 8.22. The minimum absolute atomic E-state index is 0.0192. The molecular formula is C22H32F2N2O3. The van der Waals surface area contributed by atoms with Crippen LogP contribution in [0.25, 0.3) is 0 Å². The Kier molecular flexibility index (Phi) is 7.84. The molecule has 1 aliphatic carbocycles. The molecule has 7 heteroatoms. The molecule has 1 amide bonds.